The van der Waals surface area contributed by atoms with Crippen LogP contribution in [0.1, 0.15) is 28.8 Å². The number of amides is 2. The summed E-state index contributed by atoms with van der Waals surface area (Å²) in [6.07, 6.45) is 0.126. The van der Waals surface area contributed by atoms with Crippen LogP contribution in [0.3, 0.4) is 0 Å². The molecule has 29 heavy (non-hydrogen) atoms. The van der Waals surface area contributed by atoms with Crippen molar-refractivity contribution in [2.24, 2.45) is 0 Å². The van der Waals surface area contributed by atoms with Gasteiger partial charge in [-0.25, -0.2) is 0 Å². The second-order valence-corrected chi connectivity index (χ2v) is 6.12. The summed E-state index contributed by atoms with van der Waals surface area (Å²) in [4.78, 5) is 24.1. The molecule has 2 aromatic carbocycles. The standard InChI is InChI=1S/C22H22N2O5/c1-2-27-18-10-8-16(9-11-18)14-21(25)23-24-22(26)20-13-12-19(29-20)15-28-17-6-4-3-5-7-17/h3-13H,2,14-15H2,1H3,(H,23,25)(H,24,26). The maximum Gasteiger partial charge on any atom is 0.305 e. The van der Waals surface area contributed by atoms with Crippen LogP contribution in [-0.2, 0) is 17.8 Å². The fourth-order valence-electron chi connectivity index (χ4n) is 2.54. The molecule has 3 rings (SSSR count). The summed E-state index contributed by atoms with van der Waals surface area (Å²) in [6.45, 7) is 2.68. The highest BCUT2D eigenvalue weighted by molar-refractivity contribution is 5.93. The van der Waals surface area contributed by atoms with Gasteiger partial charge in [0, 0.05) is 0 Å². The zero-order valence-electron chi connectivity index (χ0n) is 16.0. The van der Waals surface area contributed by atoms with E-state index in [0.29, 0.717) is 18.1 Å². The van der Waals surface area contributed by atoms with Gasteiger partial charge in [0.2, 0.25) is 5.91 Å². The van der Waals surface area contributed by atoms with Crippen molar-refractivity contribution in [3.05, 3.63) is 83.8 Å². The minimum atomic E-state index is -0.545. The Balaban J connectivity index is 1.44. The summed E-state index contributed by atoms with van der Waals surface area (Å²) in [6, 6.07) is 19.7. The van der Waals surface area contributed by atoms with Gasteiger partial charge in [0.25, 0.3) is 0 Å². The number of benzene rings is 2. The molecule has 7 nitrogen and oxygen atoms in total. The van der Waals surface area contributed by atoms with E-state index in [-0.39, 0.29) is 24.7 Å². The number of hydrogen-bond acceptors (Lipinski definition) is 5. The van der Waals surface area contributed by atoms with E-state index in [4.69, 9.17) is 13.9 Å². The van der Waals surface area contributed by atoms with E-state index < -0.39 is 5.91 Å². The molecule has 0 radical (unpaired) electrons. The largest absolute Gasteiger partial charge is 0.494 e. The van der Waals surface area contributed by atoms with E-state index in [9.17, 15) is 9.59 Å². The monoisotopic (exact) mass is 394 g/mol. The van der Waals surface area contributed by atoms with E-state index >= 15 is 0 Å². The van der Waals surface area contributed by atoms with E-state index in [1.165, 1.54) is 6.07 Å². The summed E-state index contributed by atoms with van der Waals surface area (Å²) in [5.74, 6) is 1.14. The molecule has 1 heterocycles. The van der Waals surface area contributed by atoms with Crippen molar-refractivity contribution in [2.75, 3.05) is 6.61 Å². The molecule has 0 aliphatic rings. The molecule has 0 unspecified atom stereocenters. The van der Waals surface area contributed by atoms with Gasteiger partial charge in [-0.15, -0.1) is 0 Å². The smallest absolute Gasteiger partial charge is 0.305 e. The fourth-order valence-corrected chi connectivity index (χ4v) is 2.54. The highest BCUT2D eigenvalue weighted by Crippen LogP contribution is 2.14. The maximum atomic E-state index is 12.1. The van der Waals surface area contributed by atoms with Crippen LogP contribution in [0, 0.1) is 0 Å². The first-order valence-corrected chi connectivity index (χ1v) is 9.21. The van der Waals surface area contributed by atoms with E-state index in [0.717, 1.165) is 11.3 Å². The first-order valence-electron chi connectivity index (χ1n) is 9.21. The van der Waals surface area contributed by atoms with Crippen LogP contribution in [0.4, 0.5) is 0 Å². The first-order chi connectivity index (χ1) is 14.1. The van der Waals surface area contributed by atoms with Crippen LogP contribution in [0.25, 0.3) is 0 Å². The van der Waals surface area contributed by atoms with Crippen LogP contribution in [0.15, 0.2) is 71.1 Å². The number of hydrazine groups is 1. The van der Waals surface area contributed by atoms with Crippen molar-refractivity contribution >= 4 is 11.8 Å². The lowest BCUT2D eigenvalue weighted by molar-refractivity contribution is -0.121. The molecule has 7 heteroatoms. The molecule has 0 aliphatic carbocycles. The third-order valence-electron chi connectivity index (χ3n) is 3.92. The lowest BCUT2D eigenvalue weighted by Gasteiger charge is -2.07. The predicted octanol–water partition coefficient (Wildman–Crippen LogP) is 3.26. The van der Waals surface area contributed by atoms with E-state index in [2.05, 4.69) is 10.9 Å². The molecule has 0 atom stereocenters. The molecule has 1 aromatic heterocycles. The number of ether oxygens (including phenoxy) is 2. The van der Waals surface area contributed by atoms with Gasteiger partial charge in [-0.1, -0.05) is 30.3 Å². The van der Waals surface area contributed by atoms with Crippen molar-refractivity contribution in [1.82, 2.24) is 10.9 Å². The number of furan rings is 1. The number of nitrogens with one attached hydrogen (secondary N) is 2. The molecule has 0 saturated heterocycles. The molecule has 0 saturated carbocycles. The van der Waals surface area contributed by atoms with E-state index in [1.807, 2.05) is 37.3 Å². The van der Waals surface area contributed by atoms with E-state index in [1.54, 1.807) is 30.3 Å². The van der Waals surface area contributed by atoms with Gasteiger partial charge in [0.1, 0.15) is 23.9 Å². The Morgan fingerprint density at radius 2 is 1.59 bits per heavy atom. The number of carbonyl (C=O) groups is 2. The van der Waals surface area contributed by atoms with Gasteiger partial charge in [-0.3, -0.25) is 20.4 Å². The Hall–Kier alpha value is -3.74. The van der Waals surface area contributed by atoms with Crippen molar-refractivity contribution in [3.8, 4) is 11.5 Å². The normalized spacial score (nSPS) is 10.2. The first kappa shape index (κ1) is 20.0. The zero-order chi connectivity index (χ0) is 20.5. The summed E-state index contributed by atoms with van der Waals surface area (Å²) in [5.41, 5.74) is 5.52. The van der Waals surface area contributed by atoms with Crippen LogP contribution < -0.4 is 20.3 Å². The molecular weight excluding hydrogens is 372 g/mol. The molecular formula is C22H22N2O5. The number of rotatable bonds is 8. The minimum absolute atomic E-state index is 0.0815. The summed E-state index contributed by atoms with van der Waals surface area (Å²) < 4.78 is 16.4. The zero-order valence-corrected chi connectivity index (χ0v) is 16.0. The average molecular weight is 394 g/mol. The van der Waals surface area contributed by atoms with Gasteiger partial charge in [0.05, 0.1) is 13.0 Å². The lowest BCUT2D eigenvalue weighted by Crippen LogP contribution is -2.42. The molecule has 3 aromatic rings. The second kappa shape index (κ2) is 9.98. The molecule has 0 aliphatic heterocycles. The number of para-hydroxylation sites is 1. The quantitative estimate of drug-likeness (QED) is 0.573. The Morgan fingerprint density at radius 1 is 0.862 bits per heavy atom. The third-order valence-corrected chi connectivity index (χ3v) is 3.92. The predicted molar refractivity (Wildman–Crippen MR) is 106 cm³/mol. The Bertz CT molecular complexity index is 935. The van der Waals surface area contributed by atoms with Gasteiger partial charge < -0.3 is 13.9 Å². The van der Waals surface area contributed by atoms with Gasteiger partial charge in [0.15, 0.2) is 5.76 Å². The topological polar surface area (TPSA) is 89.8 Å². The molecule has 2 N–H and O–H groups in total. The summed E-state index contributed by atoms with van der Waals surface area (Å²) >= 11 is 0. The lowest BCUT2D eigenvalue weighted by atomic mass is 10.1. The van der Waals surface area contributed by atoms with Crippen molar-refractivity contribution in [2.45, 2.75) is 20.0 Å². The second-order valence-electron chi connectivity index (χ2n) is 6.12. The van der Waals surface area contributed by atoms with Gasteiger partial charge in [-0.05, 0) is 48.9 Å². The summed E-state index contributed by atoms with van der Waals surface area (Å²) in [5, 5.41) is 0. The highest BCUT2D eigenvalue weighted by atomic mass is 16.5. The van der Waals surface area contributed by atoms with Crippen molar-refractivity contribution in [1.29, 1.82) is 0 Å². The SMILES string of the molecule is CCOc1ccc(CC(=O)NNC(=O)c2ccc(COc3ccccc3)o2)cc1. The van der Waals surface area contributed by atoms with Crippen LogP contribution in [-0.4, -0.2) is 18.4 Å². The van der Waals surface area contributed by atoms with Crippen LogP contribution in [0.5, 0.6) is 11.5 Å². The van der Waals surface area contributed by atoms with Crippen molar-refractivity contribution < 1.29 is 23.5 Å². The van der Waals surface area contributed by atoms with Crippen LogP contribution in [0.2, 0.25) is 0 Å². The third kappa shape index (κ3) is 6.14. The van der Waals surface area contributed by atoms with Gasteiger partial charge in [-0.2, -0.15) is 0 Å². The Kier molecular flexibility index (Phi) is 6.89. The fraction of sp³-hybridized carbons (Fsp3) is 0.182. The molecule has 0 fully saturated rings. The van der Waals surface area contributed by atoms with Crippen LogP contribution >= 0.6 is 0 Å². The minimum Gasteiger partial charge on any atom is -0.494 e. The maximum absolute atomic E-state index is 12.1. The highest BCUT2D eigenvalue weighted by Gasteiger charge is 2.13. The summed E-state index contributed by atoms with van der Waals surface area (Å²) in [7, 11) is 0. The Morgan fingerprint density at radius 3 is 2.31 bits per heavy atom. The Labute approximate surface area is 168 Å². The van der Waals surface area contributed by atoms with Crippen molar-refractivity contribution in [3.63, 3.8) is 0 Å². The molecule has 150 valence electrons. The molecule has 0 bridgehead atoms. The van der Waals surface area contributed by atoms with Gasteiger partial charge >= 0.3 is 5.91 Å². The molecule has 0 spiro atoms. The molecule has 2 amide bonds. The number of carbonyl (C=O) groups excluding carboxylic acids is 2. The number of hydrogen-bond donors (Lipinski definition) is 2. The average Bonchev–Trinajstić information content (AvgIpc) is 3.22.